The first-order valence-corrected chi connectivity index (χ1v) is 9.82. The number of hydrogen-bond acceptors (Lipinski definition) is 2. The molecule has 0 bridgehead atoms. The van der Waals surface area contributed by atoms with Crippen LogP contribution in [0.15, 0.2) is 0 Å². The Kier molecular flexibility index (Phi) is 3.94. The summed E-state index contributed by atoms with van der Waals surface area (Å²) in [5.74, 6) is 7.60. The van der Waals surface area contributed by atoms with Crippen molar-refractivity contribution < 1.29 is 9.53 Å². The SMILES string of the molecule is C#C[C@]1(OC(C)=O)CC[C@H]2[C@@H]3CCC4CCCC[C@@H]4[C@H]3CC[C@@H]21. The molecule has 1 unspecified atom stereocenters. The third-order valence-corrected chi connectivity index (χ3v) is 7.83. The lowest BCUT2D eigenvalue weighted by Gasteiger charge is -2.52. The van der Waals surface area contributed by atoms with E-state index in [4.69, 9.17) is 11.2 Å². The first-order chi connectivity index (χ1) is 11.1. The fourth-order valence-corrected chi connectivity index (χ4v) is 7.09. The number of carbonyl (C=O) groups is 1. The summed E-state index contributed by atoms with van der Waals surface area (Å²) in [4.78, 5) is 11.6. The molecular formula is C21H30O2. The molecule has 0 aromatic rings. The van der Waals surface area contributed by atoms with E-state index in [9.17, 15) is 4.79 Å². The Balaban J connectivity index is 1.56. The van der Waals surface area contributed by atoms with Crippen molar-refractivity contribution in [3.8, 4) is 12.3 Å². The highest BCUT2D eigenvalue weighted by atomic mass is 16.6. The van der Waals surface area contributed by atoms with Gasteiger partial charge in [-0.25, -0.2) is 0 Å². The molecule has 4 rings (SSSR count). The maximum Gasteiger partial charge on any atom is 0.304 e. The first kappa shape index (κ1) is 15.6. The van der Waals surface area contributed by atoms with Crippen molar-refractivity contribution in [2.45, 2.75) is 76.7 Å². The Morgan fingerprint density at radius 3 is 2.48 bits per heavy atom. The van der Waals surface area contributed by atoms with Gasteiger partial charge in [-0.1, -0.05) is 25.2 Å². The Bertz CT molecular complexity index is 518. The Labute approximate surface area is 140 Å². The Hall–Kier alpha value is -0.970. The molecule has 0 aromatic carbocycles. The molecule has 7 atom stereocenters. The van der Waals surface area contributed by atoms with E-state index < -0.39 is 5.60 Å². The molecule has 4 aliphatic carbocycles. The average Bonchev–Trinajstić information content (AvgIpc) is 2.93. The molecule has 4 fully saturated rings. The van der Waals surface area contributed by atoms with Gasteiger partial charge in [0.25, 0.3) is 0 Å². The minimum absolute atomic E-state index is 0.207. The summed E-state index contributed by atoms with van der Waals surface area (Å²) in [6.45, 7) is 1.51. The van der Waals surface area contributed by atoms with Crippen molar-refractivity contribution in [2.24, 2.45) is 35.5 Å². The minimum Gasteiger partial charge on any atom is -0.446 e. The van der Waals surface area contributed by atoms with Gasteiger partial charge in [-0.2, -0.15) is 0 Å². The molecule has 0 N–H and O–H groups in total. The van der Waals surface area contributed by atoms with Crippen LogP contribution in [0.4, 0.5) is 0 Å². The van der Waals surface area contributed by atoms with Crippen LogP contribution in [-0.4, -0.2) is 11.6 Å². The number of terminal acetylenes is 1. The molecule has 0 amide bonds. The van der Waals surface area contributed by atoms with Gasteiger partial charge in [-0.05, 0) is 74.5 Å². The van der Waals surface area contributed by atoms with E-state index in [1.165, 1.54) is 64.7 Å². The molecule has 23 heavy (non-hydrogen) atoms. The maximum atomic E-state index is 11.6. The summed E-state index contributed by atoms with van der Waals surface area (Å²) >= 11 is 0. The molecule has 0 saturated heterocycles. The molecular weight excluding hydrogens is 284 g/mol. The summed E-state index contributed by atoms with van der Waals surface area (Å²) in [6.07, 6.45) is 19.1. The molecule has 2 nitrogen and oxygen atoms in total. The van der Waals surface area contributed by atoms with Gasteiger partial charge in [0, 0.05) is 12.8 Å². The van der Waals surface area contributed by atoms with Crippen LogP contribution in [0.3, 0.4) is 0 Å². The van der Waals surface area contributed by atoms with Crippen LogP contribution in [0, 0.1) is 47.9 Å². The van der Waals surface area contributed by atoms with Crippen LogP contribution < -0.4 is 0 Å². The van der Waals surface area contributed by atoms with Crippen molar-refractivity contribution in [3.05, 3.63) is 0 Å². The third-order valence-electron chi connectivity index (χ3n) is 7.83. The number of carbonyl (C=O) groups excluding carboxylic acids is 1. The summed E-state index contributed by atoms with van der Waals surface area (Å²) in [5, 5.41) is 0. The fraction of sp³-hybridized carbons (Fsp3) is 0.857. The van der Waals surface area contributed by atoms with Gasteiger partial charge in [0.1, 0.15) is 0 Å². The largest absolute Gasteiger partial charge is 0.446 e. The van der Waals surface area contributed by atoms with Crippen molar-refractivity contribution in [1.29, 1.82) is 0 Å². The quantitative estimate of drug-likeness (QED) is 0.523. The van der Waals surface area contributed by atoms with Gasteiger partial charge < -0.3 is 4.74 Å². The highest BCUT2D eigenvalue weighted by Gasteiger charge is 2.57. The molecule has 0 aliphatic heterocycles. The van der Waals surface area contributed by atoms with Gasteiger partial charge in [-0.15, -0.1) is 6.42 Å². The average molecular weight is 314 g/mol. The van der Waals surface area contributed by atoms with Gasteiger partial charge in [0.05, 0.1) is 0 Å². The molecule has 0 radical (unpaired) electrons. The Morgan fingerprint density at radius 2 is 1.70 bits per heavy atom. The van der Waals surface area contributed by atoms with Crippen molar-refractivity contribution in [1.82, 2.24) is 0 Å². The first-order valence-electron chi connectivity index (χ1n) is 9.82. The zero-order valence-electron chi connectivity index (χ0n) is 14.4. The van der Waals surface area contributed by atoms with E-state index in [-0.39, 0.29) is 5.97 Å². The van der Waals surface area contributed by atoms with E-state index >= 15 is 0 Å². The third kappa shape index (κ3) is 2.43. The normalized spacial score (nSPS) is 48.5. The molecule has 0 heterocycles. The van der Waals surface area contributed by atoms with Crippen LogP contribution in [0.25, 0.3) is 0 Å². The molecule has 0 spiro atoms. The molecule has 2 heteroatoms. The lowest BCUT2D eigenvalue weighted by atomic mass is 9.53. The summed E-state index contributed by atoms with van der Waals surface area (Å²) < 4.78 is 5.73. The summed E-state index contributed by atoms with van der Waals surface area (Å²) in [7, 11) is 0. The second-order valence-electron chi connectivity index (χ2n) is 8.63. The molecule has 4 aliphatic rings. The lowest BCUT2D eigenvalue weighted by Crippen LogP contribution is -2.48. The summed E-state index contributed by atoms with van der Waals surface area (Å²) in [6, 6.07) is 0. The van der Waals surface area contributed by atoms with E-state index in [2.05, 4.69) is 5.92 Å². The number of esters is 1. The van der Waals surface area contributed by atoms with Crippen LogP contribution in [0.2, 0.25) is 0 Å². The second kappa shape index (κ2) is 5.83. The topological polar surface area (TPSA) is 26.3 Å². The van der Waals surface area contributed by atoms with Crippen molar-refractivity contribution in [2.75, 3.05) is 0 Å². The molecule has 4 saturated carbocycles. The van der Waals surface area contributed by atoms with Gasteiger partial charge in [0.15, 0.2) is 5.60 Å². The van der Waals surface area contributed by atoms with Crippen molar-refractivity contribution >= 4 is 5.97 Å². The zero-order chi connectivity index (χ0) is 16.0. The van der Waals surface area contributed by atoms with Gasteiger partial charge in [-0.3, -0.25) is 4.79 Å². The fourth-order valence-electron chi connectivity index (χ4n) is 7.09. The highest BCUT2D eigenvalue weighted by molar-refractivity contribution is 5.67. The van der Waals surface area contributed by atoms with Crippen molar-refractivity contribution in [3.63, 3.8) is 0 Å². The monoisotopic (exact) mass is 314 g/mol. The zero-order valence-corrected chi connectivity index (χ0v) is 14.4. The van der Waals surface area contributed by atoms with E-state index in [0.717, 1.165) is 30.1 Å². The maximum absolute atomic E-state index is 11.6. The van der Waals surface area contributed by atoms with Crippen LogP contribution in [-0.2, 0) is 9.53 Å². The standard InChI is InChI=1S/C21H30O2/c1-3-21(23-14(2)22)13-12-19-18-9-8-15-6-4-5-7-16(15)17(18)10-11-20(19)21/h1,15-20H,4-13H2,2H3/t15?,16-,17+,18+,19-,20-,21-/m0/s1. The van der Waals surface area contributed by atoms with E-state index in [1.54, 1.807) is 0 Å². The van der Waals surface area contributed by atoms with E-state index in [1.807, 2.05) is 0 Å². The highest BCUT2D eigenvalue weighted by Crippen LogP contribution is 2.60. The molecule has 126 valence electrons. The summed E-state index contributed by atoms with van der Waals surface area (Å²) in [5.41, 5.74) is -0.592. The lowest BCUT2D eigenvalue weighted by molar-refractivity contribution is -0.157. The van der Waals surface area contributed by atoms with Gasteiger partial charge in [0.2, 0.25) is 0 Å². The van der Waals surface area contributed by atoms with Crippen LogP contribution in [0.1, 0.15) is 71.1 Å². The number of ether oxygens (including phenoxy) is 1. The minimum atomic E-state index is -0.592. The van der Waals surface area contributed by atoms with Gasteiger partial charge >= 0.3 is 5.97 Å². The number of fused-ring (bicyclic) bond motifs is 5. The predicted octanol–water partition coefficient (Wildman–Crippen LogP) is 4.57. The van der Waals surface area contributed by atoms with E-state index in [0.29, 0.717) is 11.8 Å². The number of rotatable bonds is 1. The smallest absolute Gasteiger partial charge is 0.304 e. The number of hydrogen-bond donors (Lipinski definition) is 0. The van der Waals surface area contributed by atoms with Crippen LogP contribution >= 0.6 is 0 Å². The van der Waals surface area contributed by atoms with Crippen LogP contribution in [0.5, 0.6) is 0 Å². The Morgan fingerprint density at radius 1 is 0.957 bits per heavy atom. The second-order valence-corrected chi connectivity index (χ2v) is 8.63. The predicted molar refractivity (Wildman–Crippen MR) is 90.4 cm³/mol. The molecule has 0 aromatic heterocycles.